The van der Waals surface area contributed by atoms with E-state index >= 15 is 0 Å². The highest BCUT2D eigenvalue weighted by atomic mass is 35.5. The van der Waals surface area contributed by atoms with Crippen molar-refractivity contribution < 1.29 is 53.1 Å². The monoisotopic (exact) mass is 909 g/mol. The Labute approximate surface area is 377 Å². The summed E-state index contributed by atoms with van der Waals surface area (Å²) >= 11 is 12.9. The molecule has 0 aromatic heterocycles. The normalized spacial score (nSPS) is 21.6. The molecule has 0 spiro atoms. The molecule has 2 aromatic rings. The molecular weight excluding hydrogens is 841 g/mol. The lowest BCUT2D eigenvalue weighted by molar-refractivity contribution is -0.291. The van der Waals surface area contributed by atoms with Crippen LogP contribution in [0.4, 0.5) is 11.4 Å². The summed E-state index contributed by atoms with van der Waals surface area (Å²) in [5.41, 5.74) is -3.62. The molecule has 1 saturated heterocycles. The Kier molecular flexibility index (Phi) is 19.7. The van der Waals surface area contributed by atoms with Crippen LogP contribution in [0.15, 0.2) is 42.5 Å². The average Bonchev–Trinajstić information content (AvgIpc) is 3.15. The predicted molar refractivity (Wildman–Crippen MR) is 239 cm³/mol. The lowest BCUT2D eigenvalue weighted by Crippen LogP contribution is -2.59. The number of esters is 3. The summed E-state index contributed by atoms with van der Waals surface area (Å²) in [6.45, 7) is 13.5. The number of para-hydroxylation sites is 2. The van der Waals surface area contributed by atoms with Crippen LogP contribution < -0.4 is 5.32 Å². The highest BCUT2D eigenvalue weighted by Gasteiger charge is 2.51. The Morgan fingerprint density at radius 2 is 1.56 bits per heavy atom. The number of aliphatic hydroxyl groups is 2. The molecule has 1 heterocycles. The second-order valence-corrected chi connectivity index (χ2v) is 18.9. The van der Waals surface area contributed by atoms with Crippen LogP contribution in [0.25, 0.3) is 0 Å². The first-order chi connectivity index (χ1) is 28.8. The number of benzene rings is 2. The van der Waals surface area contributed by atoms with Crippen molar-refractivity contribution in [3.8, 4) is 0 Å². The van der Waals surface area contributed by atoms with Gasteiger partial charge in [0.1, 0.15) is 11.5 Å². The van der Waals surface area contributed by atoms with Gasteiger partial charge < -0.3 is 49.0 Å². The number of ketones is 1. The molecule has 14 nitrogen and oxygen atoms in total. The Hall–Kier alpha value is -3.34. The number of carbonyl (C=O) groups is 4. The lowest BCUT2D eigenvalue weighted by Gasteiger charge is -2.45. The van der Waals surface area contributed by atoms with Gasteiger partial charge in [0.25, 0.3) is 0 Å². The third-order valence-electron chi connectivity index (χ3n) is 11.2. The second-order valence-electron chi connectivity index (χ2n) is 18.0. The molecule has 0 radical (unpaired) electrons. The minimum absolute atomic E-state index is 0.00575. The van der Waals surface area contributed by atoms with E-state index in [-0.39, 0.29) is 31.8 Å². The SMILES string of the molecule is CCOC(=O)C[C@@](C)(C(=O)C[C@@H](O[C@@H]1O[C@H](C)C[C@H](N(C)C)[C@H]1OC(=O)Cc1ccccc1Nc1c(Cl)cccc1Cl)[C@](C)(O)C[C@@H](C)CN(C)C)C(=O)O[C@H](CC)C(C)(C)O. The van der Waals surface area contributed by atoms with Crippen LogP contribution in [0.1, 0.15) is 93.1 Å². The molecule has 3 N–H and O–H groups in total. The Morgan fingerprint density at radius 3 is 2.13 bits per heavy atom. The second kappa shape index (κ2) is 23.0. The number of halogens is 2. The highest BCUT2D eigenvalue weighted by Crippen LogP contribution is 2.38. The molecule has 2 aromatic carbocycles. The average molecular weight is 911 g/mol. The number of hydrogen-bond donors (Lipinski definition) is 3. The van der Waals surface area contributed by atoms with Crippen molar-refractivity contribution in [1.29, 1.82) is 0 Å². The molecule has 0 unspecified atom stereocenters. The van der Waals surface area contributed by atoms with Crippen molar-refractivity contribution in [2.24, 2.45) is 11.3 Å². The van der Waals surface area contributed by atoms with Gasteiger partial charge in [0, 0.05) is 18.7 Å². The van der Waals surface area contributed by atoms with E-state index in [0.717, 1.165) is 0 Å². The van der Waals surface area contributed by atoms with Crippen LogP contribution in [-0.2, 0) is 49.3 Å². The lowest BCUT2D eigenvalue weighted by atomic mass is 9.76. The number of ether oxygens (including phenoxy) is 5. The van der Waals surface area contributed by atoms with Crippen molar-refractivity contribution in [2.75, 3.05) is 46.7 Å². The molecule has 1 aliphatic heterocycles. The van der Waals surface area contributed by atoms with Crippen LogP contribution >= 0.6 is 23.2 Å². The fraction of sp³-hybridized carbons (Fsp3) is 0.652. The largest absolute Gasteiger partial charge is 0.466 e. The van der Waals surface area contributed by atoms with Crippen molar-refractivity contribution in [3.05, 3.63) is 58.1 Å². The molecule has 1 aliphatic rings. The zero-order valence-electron chi connectivity index (χ0n) is 38.5. The number of carbonyl (C=O) groups excluding carboxylic acids is 4. The summed E-state index contributed by atoms with van der Waals surface area (Å²) < 4.78 is 30.3. The summed E-state index contributed by atoms with van der Waals surface area (Å²) in [7, 11) is 7.50. The van der Waals surface area contributed by atoms with E-state index in [1.807, 2.05) is 57.9 Å². The standard InChI is InChI=1S/C46H69Cl2N3O11/c1-13-36(44(5,6)56)61-43(55)45(7,26-39(54)58-14-2)35(52)24-37(46(8,57)25-28(3)27-50(9)10)60-42-41(34(51(11)12)22-29(4)59-42)62-38(53)23-30-18-15-16-21-33(30)49-40-31(47)19-17-20-32(40)48/h15-21,28-29,34,36-37,41-42,49,56-57H,13-14,22-27H2,1-12H3/t28-,29-,34+,36-,37-,41-,42+,45+,46-/m1/s1. The van der Waals surface area contributed by atoms with Gasteiger partial charge in [-0.1, -0.05) is 61.3 Å². The van der Waals surface area contributed by atoms with Crippen LogP contribution in [0.2, 0.25) is 10.0 Å². The zero-order chi connectivity index (χ0) is 46.7. The molecule has 0 saturated carbocycles. The molecule has 62 heavy (non-hydrogen) atoms. The number of Topliss-reactive ketones (excluding diaryl/α,β-unsaturated/α-hetero) is 1. The van der Waals surface area contributed by atoms with E-state index in [4.69, 9.17) is 46.9 Å². The van der Waals surface area contributed by atoms with E-state index < -0.39 is 89.9 Å². The van der Waals surface area contributed by atoms with E-state index in [1.54, 1.807) is 57.2 Å². The molecule has 3 rings (SSSR count). The molecule has 0 bridgehead atoms. The van der Waals surface area contributed by atoms with E-state index in [9.17, 15) is 29.4 Å². The van der Waals surface area contributed by atoms with E-state index in [0.29, 0.717) is 39.9 Å². The highest BCUT2D eigenvalue weighted by molar-refractivity contribution is 6.39. The Balaban J connectivity index is 2.06. The summed E-state index contributed by atoms with van der Waals surface area (Å²) in [6, 6.07) is 11.9. The number of anilines is 2. The topological polar surface area (TPSA) is 173 Å². The maximum atomic E-state index is 14.7. The summed E-state index contributed by atoms with van der Waals surface area (Å²) in [5, 5.41) is 27.1. The fourth-order valence-corrected chi connectivity index (χ4v) is 8.42. The molecule has 9 atom stereocenters. The van der Waals surface area contributed by atoms with Crippen LogP contribution in [0, 0.1) is 11.3 Å². The third-order valence-corrected chi connectivity index (χ3v) is 11.8. The number of hydrogen-bond acceptors (Lipinski definition) is 14. The smallest absolute Gasteiger partial charge is 0.320 e. The van der Waals surface area contributed by atoms with Gasteiger partial charge in [0.05, 0.1) is 64.6 Å². The van der Waals surface area contributed by atoms with Gasteiger partial charge in [-0.05, 0) is 119 Å². The molecular formula is C46H69Cl2N3O11. The van der Waals surface area contributed by atoms with Crippen molar-refractivity contribution in [3.63, 3.8) is 0 Å². The van der Waals surface area contributed by atoms with E-state index in [1.165, 1.54) is 20.8 Å². The fourth-order valence-electron chi connectivity index (χ4n) is 7.93. The number of nitrogens with zero attached hydrogens (tertiary/aromatic N) is 2. The quantitative estimate of drug-likeness (QED) is 0.0592. The third kappa shape index (κ3) is 14.9. The van der Waals surface area contributed by atoms with Crippen molar-refractivity contribution in [1.82, 2.24) is 9.80 Å². The number of likely N-dealkylation sites (N-methyl/N-ethyl adjacent to an activating group) is 1. The van der Waals surface area contributed by atoms with Gasteiger partial charge in [0.2, 0.25) is 0 Å². The van der Waals surface area contributed by atoms with Gasteiger partial charge in [-0.3, -0.25) is 19.2 Å². The Bertz CT molecular complexity index is 1800. The summed E-state index contributed by atoms with van der Waals surface area (Å²) in [6.07, 6.45) is -5.66. The molecule has 0 amide bonds. The number of rotatable bonds is 23. The molecule has 0 aliphatic carbocycles. The summed E-state index contributed by atoms with van der Waals surface area (Å²) in [5.74, 6) is -3.31. The van der Waals surface area contributed by atoms with Crippen LogP contribution in [0.3, 0.4) is 0 Å². The molecule has 1 fully saturated rings. The van der Waals surface area contributed by atoms with Crippen molar-refractivity contribution in [2.45, 2.75) is 142 Å². The van der Waals surface area contributed by atoms with Crippen LogP contribution in [-0.4, -0.2) is 133 Å². The van der Waals surface area contributed by atoms with Gasteiger partial charge >= 0.3 is 17.9 Å². The first-order valence-corrected chi connectivity index (χ1v) is 22.0. The van der Waals surface area contributed by atoms with Crippen molar-refractivity contribution >= 4 is 58.3 Å². The maximum Gasteiger partial charge on any atom is 0.320 e. The predicted octanol–water partition coefficient (Wildman–Crippen LogP) is 6.99. The van der Waals surface area contributed by atoms with Gasteiger partial charge in [-0.15, -0.1) is 0 Å². The Morgan fingerprint density at radius 1 is 0.935 bits per heavy atom. The molecule has 16 heteroatoms. The number of nitrogens with one attached hydrogen (secondary N) is 1. The first-order valence-electron chi connectivity index (χ1n) is 21.3. The van der Waals surface area contributed by atoms with Gasteiger partial charge in [-0.2, -0.15) is 0 Å². The molecule has 348 valence electrons. The minimum Gasteiger partial charge on any atom is -0.466 e. The maximum absolute atomic E-state index is 14.7. The zero-order valence-corrected chi connectivity index (χ0v) is 40.0. The van der Waals surface area contributed by atoms with E-state index in [2.05, 4.69) is 5.32 Å². The first kappa shape index (κ1) is 53.0. The summed E-state index contributed by atoms with van der Waals surface area (Å²) in [4.78, 5) is 59.7. The van der Waals surface area contributed by atoms with Gasteiger partial charge in [-0.25, -0.2) is 0 Å². The van der Waals surface area contributed by atoms with Gasteiger partial charge in [0.15, 0.2) is 18.2 Å². The minimum atomic E-state index is -2.10. The van der Waals surface area contributed by atoms with Crippen LogP contribution in [0.5, 0.6) is 0 Å².